The third-order valence-corrected chi connectivity index (χ3v) is 9.57. The maximum absolute atomic E-state index is 5.62. The second-order valence-corrected chi connectivity index (χ2v) is 10.7. The molecule has 0 aromatic carbocycles. The minimum atomic E-state index is 0.616. The first-order valence-corrected chi connectivity index (χ1v) is 12.3. The number of ether oxygens (including phenoxy) is 4. The van der Waals surface area contributed by atoms with Crippen LogP contribution in [-0.4, -0.2) is 70.6 Å². The van der Waals surface area contributed by atoms with Crippen LogP contribution in [0.4, 0.5) is 0 Å². The van der Waals surface area contributed by atoms with Crippen molar-refractivity contribution in [3.63, 3.8) is 0 Å². The van der Waals surface area contributed by atoms with E-state index < -0.39 is 0 Å². The summed E-state index contributed by atoms with van der Waals surface area (Å²) >= 11 is 9.40. The van der Waals surface area contributed by atoms with E-state index in [9.17, 15) is 0 Å². The van der Waals surface area contributed by atoms with Crippen LogP contribution in [0.3, 0.4) is 0 Å². The van der Waals surface area contributed by atoms with Crippen molar-refractivity contribution in [3.8, 4) is 0 Å². The molecule has 0 unspecified atom stereocenters. The molecule has 0 N–H and O–H groups in total. The molecule has 0 atom stereocenters. The van der Waals surface area contributed by atoms with Crippen molar-refractivity contribution in [2.24, 2.45) is 0 Å². The Morgan fingerprint density at radius 3 is 1.87 bits per heavy atom. The van der Waals surface area contributed by atoms with Crippen LogP contribution in [-0.2, 0) is 18.9 Å². The van der Waals surface area contributed by atoms with E-state index in [1.165, 1.54) is 11.9 Å². The van der Waals surface area contributed by atoms with Crippen LogP contribution in [0.1, 0.15) is 0 Å². The quantitative estimate of drug-likeness (QED) is 0.505. The molecule has 0 fully saturated rings. The minimum absolute atomic E-state index is 0.616. The van der Waals surface area contributed by atoms with Crippen LogP contribution >= 0.6 is 58.0 Å². The maximum Gasteiger partial charge on any atom is 0.314 e. The highest BCUT2D eigenvalue weighted by molar-refractivity contribution is 8.07. The topological polar surface area (TPSA) is 36.9 Å². The summed E-state index contributed by atoms with van der Waals surface area (Å²) in [6, 6.07) is 0. The van der Waals surface area contributed by atoms with Gasteiger partial charge in [-0.3, -0.25) is 0 Å². The molecule has 4 nitrogen and oxygen atoms in total. The molecule has 1 aliphatic rings. The lowest BCUT2D eigenvalue weighted by molar-refractivity contribution is 0.00145. The van der Waals surface area contributed by atoms with E-state index >= 15 is 0 Å². The van der Waals surface area contributed by atoms with Gasteiger partial charge < -0.3 is 18.9 Å². The van der Waals surface area contributed by atoms with Gasteiger partial charge in [0.15, 0.2) is 0 Å². The summed E-state index contributed by atoms with van der Waals surface area (Å²) in [5.41, 5.74) is 0. The molecule has 0 spiro atoms. The van der Waals surface area contributed by atoms with Crippen molar-refractivity contribution in [2.75, 3.05) is 70.6 Å². The molecule has 0 saturated heterocycles. The lowest BCUT2D eigenvalue weighted by Gasteiger charge is -2.07. The van der Waals surface area contributed by atoms with Crippen molar-refractivity contribution >= 4 is 58.0 Å². The summed E-state index contributed by atoms with van der Waals surface area (Å²) in [6.45, 7) is 5.30. The third-order valence-electron chi connectivity index (χ3n) is 2.72. The fourth-order valence-electron chi connectivity index (χ4n) is 1.66. The summed E-state index contributed by atoms with van der Waals surface area (Å²) in [6.07, 6.45) is 2.14. The van der Waals surface area contributed by atoms with Crippen LogP contribution < -0.4 is 0 Å². The third kappa shape index (κ3) is 8.73. The lowest BCUT2D eigenvalue weighted by atomic mass is 10.7. The first-order chi connectivity index (χ1) is 11.4. The Kier molecular flexibility index (Phi) is 11.6. The van der Waals surface area contributed by atoms with Gasteiger partial charge in [0.25, 0.3) is 0 Å². The molecular formula is C14H23O4S5+. The molecule has 1 aromatic heterocycles. The second kappa shape index (κ2) is 13.2. The van der Waals surface area contributed by atoms with Crippen molar-refractivity contribution < 1.29 is 18.9 Å². The van der Waals surface area contributed by atoms with E-state index in [1.54, 1.807) is 0 Å². The van der Waals surface area contributed by atoms with E-state index in [1.807, 2.05) is 58.0 Å². The number of fused-ring (bicyclic) bond motifs is 1. The Balaban J connectivity index is 1.82. The van der Waals surface area contributed by atoms with Gasteiger partial charge in [0.2, 0.25) is 8.42 Å². The standard InChI is InChI=1S/C14H23O4S5/c1-19-14-22-12-13(23-14)21-11-9-18-7-5-16-3-2-15-4-6-17-8-10-20-12/h2-11H2,1H3/q+1. The molecule has 0 saturated carbocycles. The van der Waals surface area contributed by atoms with Crippen LogP contribution in [0.5, 0.6) is 0 Å². The van der Waals surface area contributed by atoms with E-state index in [-0.39, 0.29) is 0 Å². The second-order valence-electron chi connectivity index (χ2n) is 4.38. The Hall–Kier alpha value is 0.940. The van der Waals surface area contributed by atoms with E-state index in [2.05, 4.69) is 6.26 Å². The van der Waals surface area contributed by atoms with E-state index in [0.29, 0.717) is 39.6 Å². The fourth-order valence-corrected chi connectivity index (χ4v) is 8.29. The summed E-state index contributed by atoms with van der Waals surface area (Å²) in [5, 5.41) is 0. The lowest BCUT2D eigenvalue weighted by Crippen LogP contribution is -2.13. The van der Waals surface area contributed by atoms with Crippen molar-refractivity contribution in [3.05, 3.63) is 0 Å². The SMILES string of the molecule is CSc1sc2c([s+]1)SCCOCCOCCOCCOCCS2. The molecule has 1 aliphatic heterocycles. The molecule has 2 heterocycles. The molecular weight excluding hydrogens is 392 g/mol. The Labute approximate surface area is 159 Å². The van der Waals surface area contributed by atoms with Gasteiger partial charge in [0.05, 0.1) is 52.9 Å². The number of hydrogen-bond acceptors (Lipinski definition) is 8. The molecule has 9 heteroatoms. The van der Waals surface area contributed by atoms with E-state index in [4.69, 9.17) is 18.9 Å². The monoisotopic (exact) mass is 415 g/mol. The average Bonchev–Trinajstić information content (AvgIpc) is 2.96. The van der Waals surface area contributed by atoms with Gasteiger partial charge in [-0.15, -0.1) is 0 Å². The predicted octanol–water partition coefficient (Wildman–Crippen LogP) is 4.08. The van der Waals surface area contributed by atoms with Gasteiger partial charge in [-0.2, -0.15) is 0 Å². The zero-order chi connectivity index (χ0) is 16.2. The molecule has 0 bridgehead atoms. The highest BCUT2D eigenvalue weighted by Gasteiger charge is 2.23. The van der Waals surface area contributed by atoms with Crippen LogP contribution in [0.2, 0.25) is 0 Å². The van der Waals surface area contributed by atoms with Gasteiger partial charge in [-0.05, 0) is 6.26 Å². The maximum atomic E-state index is 5.62. The van der Waals surface area contributed by atoms with Gasteiger partial charge in [-0.1, -0.05) is 35.3 Å². The molecule has 23 heavy (non-hydrogen) atoms. The largest absolute Gasteiger partial charge is 0.378 e. The van der Waals surface area contributed by atoms with Gasteiger partial charge in [0.1, 0.15) is 22.7 Å². The summed E-state index contributed by atoms with van der Waals surface area (Å²) in [7, 11) is 0. The zero-order valence-corrected chi connectivity index (χ0v) is 17.3. The minimum Gasteiger partial charge on any atom is -0.378 e. The average molecular weight is 416 g/mol. The number of thioether (sulfide) groups is 3. The predicted molar refractivity (Wildman–Crippen MR) is 103 cm³/mol. The summed E-state index contributed by atoms with van der Waals surface area (Å²) < 4.78 is 26.4. The Bertz CT molecular complexity index is 394. The Morgan fingerprint density at radius 2 is 1.30 bits per heavy atom. The molecule has 2 rings (SSSR count). The van der Waals surface area contributed by atoms with Crippen LogP contribution in [0, 0.1) is 0 Å². The molecule has 0 radical (unpaired) electrons. The van der Waals surface area contributed by atoms with Gasteiger partial charge >= 0.3 is 3.52 Å². The zero-order valence-electron chi connectivity index (χ0n) is 13.2. The highest BCUT2D eigenvalue weighted by Crippen LogP contribution is 2.45. The Morgan fingerprint density at radius 1 is 0.783 bits per heavy atom. The first-order valence-electron chi connectivity index (χ1n) is 7.47. The highest BCUT2D eigenvalue weighted by atomic mass is 32.2. The van der Waals surface area contributed by atoms with Crippen molar-refractivity contribution in [1.29, 1.82) is 0 Å². The summed E-state index contributed by atoms with van der Waals surface area (Å²) in [4.78, 5) is 0. The van der Waals surface area contributed by atoms with Crippen molar-refractivity contribution in [1.82, 2.24) is 0 Å². The molecule has 132 valence electrons. The number of rotatable bonds is 1. The van der Waals surface area contributed by atoms with Crippen LogP contribution in [0.25, 0.3) is 0 Å². The molecule has 0 aliphatic carbocycles. The molecule has 0 amide bonds. The van der Waals surface area contributed by atoms with E-state index in [0.717, 1.165) is 24.7 Å². The fraction of sp³-hybridized carbons (Fsp3) is 0.786. The summed E-state index contributed by atoms with van der Waals surface area (Å²) in [5.74, 6) is 1.96. The number of hydrogen-bond donors (Lipinski definition) is 0. The first kappa shape index (κ1) is 20.3. The smallest absolute Gasteiger partial charge is 0.314 e. The van der Waals surface area contributed by atoms with Crippen molar-refractivity contribution in [2.45, 2.75) is 11.9 Å². The normalized spacial score (nSPS) is 20.4. The molecule has 1 aromatic rings. The van der Waals surface area contributed by atoms with Crippen LogP contribution in [0.15, 0.2) is 11.9 Å². The van der Waals surface area contributed by atoms with Gasteiger partial charge in [0, 0.05) is 11.5 Å². The van der Waals surface area contributed by atoms with Gasteiger partial charge in [-0.25, -0.2) is 0 Å².